The number of nitrogens with zero attached hydrogens (tertiary/aromatic N) is 3. The zero-order valence-corrected chi connectivity index (χ0v) is 11.4. The highest BCUT2D eigenvalue weighted by Gasteiger charge is 2.20. The summed E-state index contributed by atoms with van der Waals surface area (Å²) in [5.41, 5.74) is 0.949. The average Bonchev–Trinajstić information content (AvgIpc) is 2.65. The minimum Gasteiger partial charge on any atom is -0.221 e. The topological polar surface area (TPSA) is 30.7 Å². The molecule has 0 fully saturated rings. The van der Waals surface area contributed by atoms with E-state index >= 15 is 0 Å². The molecule has 84 valence electrons. The lowest BCUT2D eigenvalue weighted by Crippen LogP contribution is -2.38. The number of hydrogen-bond donors (Lipinski definition) is 0. The number of hydrogen-bond acceptors (Lipinski definition) is 2. The Kier molecular flexibility index (Phi) is 2.86. The van der Waals surface area contributed by atoms with Crippen molar-refractivity contribution in [3.63, 3.8) is 0 Å². The van der Waals surface area contributed by atoms with Crippen LogP contribution in [0.1, 0.15) is 0 Å². The van der Waals surface area contributed by atoms with Crippen molar-refractivity contribution >= 4 is 25.0 Å². The summed E-state index contributed by atoms with van der Waals surface area (Å²) in [7, 11) is -1.39. The minimum absolute atomic E-state index is 0.711. The van der Waals surface area contributed by atoms with Gasteiger partial charge >= 0.3 is 0 Å². The number of benzene rings is 1. The van der Waals surface area contributed by atoms with Crippen LogP contribution in [0.4, 0.5) is 0 Å². The van der Waals surface area contributed by atoms with Crippen molar-refractivity contribution in [1.82, 2.24) is 15.0 Å². The van der Waals surface area contributed by atoms with Gasteiger partial charge in [-0.1, -0.05) is 42.5 Å². The molecule has 0 amide bonds. The molecule has 16 heavy (non-hydrogen) atoms. The van der Waals surface area contributed by atoms with Crippen LogP contribution in [0.5, 0.6) is 0 Å². The third-order valence-electron chi connectivity index (χ3n) is 2.33. The standard InChI is InChI=1S/C11H14ClN3Si/c1-16(2,3)11-8-15(14-13-11)10-6-4-5-9(12)7-10/h4-8H,1-3H3. The van der Waals surface area contributed by atoms with Gasteiger partial charge in [-0.05, 0) is 18.2 Å². The Morgan fingerprint density at radius 1 is 1.25 bits per heavy atom. The van der Waals surface area contributed by atoms with Gasteiger partial charge in [0.2, 0.25) is 0 Å². The van der Waals surface area contributed by atoms with Crippen LogP contribution >= 0.6 is 11.6 Å². The quantitative estimate of drug-likeness (QED) is 0.768. The van der Waals surface area contributed by atoms with E-state index in [1.165, 1.54) is 0 Å². The molecule has 0 aliphatic rings. The molecule has 0 unspecified atom stereocenters. The van der Waals surface area contributed by atoms with Crippen molar-refractivity contribution in [2.24, 2.45) is 0 Å². The fraction of sp³-hybridized carbons (Fsp3) is 0.273. The molecule has 0 bridgehead atoms. The summed E-state index contributed by atoms with van der Waals surface area (Å²) in [4.78, 5) is 0. The van der Waals surface area contributed by atoms with E-state index in [-0.39, 0.29) is 0 Å². The number of aromatic nitrogens is 3. The van der Waals surface area contributed by atoms with Crippen LogP contribution in [0, 0.1) is 0 Å². The second kappa shape index (κ2) is 4.03. The molecular weight excluding hydrogens is 238 g/mol. The summed E-state index contributed by atoms with van der Waals surface area (Å²) in [6.45, 7) is 6.75. The van der Waals surface area contributed by atoms with Gasteiger partial charge in [0, 0.05) is 11.2 Å². The lowest BCUT2D eigenvalue weighted by Gasteiger charge is -2.09. The molecule has 0 N–H and O–H groups in total. The van der Waals surface area contributed by atoms with E-state index in [0.717, 1.165) is 11.0 Å². The average molecular weight is 252 g/mol. The molecule has 0 saturated carbocycles. The van der Waals surface area contributed by atoms with Crippen LogP contribution in [-0.4, -0.2) is 23.1 Å². The summed E-state index contributed by atoms with van der Waals surface area (Å²) in [5.74, 6) is 0. The molecule has 2 rings (SSSR count). The molecule has 1 aromatic heterocycles. The molecular formula is C11H14ClN3Si. The number of rotatable bonds is 2. The van der Waals surface area contributed by atoms with Crippen LogP contribution in [0.2, 0.25) is 24.7 Å². The van der Waals surface area contributed by atoms with Gasteiger partial charge in [-0.2, -0.15) is 0 Å². The first-order valence-electron chi connectivity index (χ1n) is 5.15. The maximum atomic E-state index is 5.94. The van der Waals surface area contributed by atoms with E-state index in [9.17, 15) is 0 Å². The summed E-state index contributed by atoms with van der Waals surface area (Å²) in [6.07, 6.45) is 2.00. The zero-order chi connectivity index (χ0) is 11.8. The fourth-order valence-corrected chi connectivity index (χ4v) is 2.39. The predicted octanol–water partition coefficient (Wildman–Crippen LogP) is 2.47. The van der Waals surface area contributed by atoms with Crippen molar-refractivity contribution in [1.29, 1.82) is 0 Å². The van der Waals surface area contributed by atoms with E-state index in [1.807, 2.05) is 30.5 Å². The van der Waals surface area contributed by atoms with E-state index in [1.54, 1.807) is 4.68 Å². The van der Waals surface area contributed by atoms with Gasteiger partial charge in [-0.15, -0.1) is 5.10 Å². The third-order valence-corrected chi connectivity index (χ3v) is 4.34. The van der Waals surface area contributed by atoms with Crippen LogP contribution in [0.3, 0.4) is 0 Å². The van der Waals surface area contributed by atoms with E-state index in [0.29, 0.717) is 5.02 Å². The molecule has 3 nitrogen and oxygen atoms in total. The van der Waals surface area contributed by atoms with E-state index < -0.39 is 8.07 Å². The van der Waals surface area contributed by atoms with Crippen LogP contribution < -0.4 is 5.32 Å². The maximum Gasteiger partial charge on any atom is 0.106 e. The largest absolute Gasteiger partial charge is 0.221 e. The van der Waals surface area contributed by atoms with Crippen LogP contribution in [-0.2, 0) is 0 Å². The summed E-state index contributed by atoms with van der Waals surface area (Å²) < 4.78 is 1.78. The molecule has 2 aromatic rings. The molecule has 0 saturated heterocycles. The molecule has 0 aliphatic carbocycles. The van der Waals surface area contributed by atoms with Gasteiger partial charge in [-0.25, -0.2) is 4.68 Å². The Bertz CT molecular complexity index is 502. The van der Waals surface area contributed by atoms with Gasteiger partial charge in [-0.3, -0.25) is 0 Å². The molecule has 5 heteroatoms. The third kappa shape index (κ3) is 2.33. The lowest BCUT2D eigenvalue weighted by atomic mass is 10.3. The lowest BCUT2D eigenvalue weighted by molar-refractivity contribution is 0.804. The second-order valence-corrected chi connectivity index (χ2v) is 10.2. The Hall–Kier alpha value is -1.13. The maximum absolute atomic E-state index is 5.94. The number of halogens is 1. The molecule has 1 heterocycles. The molecule has 0 atom stereocenters. The van der Waals surface area contributed by atoms with Gasteiger partial charge in [0.25, 0.3) is 0 Å². The Labute approximate surface area is 101 Å². The highest BCUT2D eigenvalue weighted by Crippen LogP contribution is 2.13. The second-order valence-electron chi connectivity index (χ2n) is 4.78. The molecule has 1 aromatic carbocycles. The zero-order valence-electron chi connectivity index (χ0n) is 9.61. The first kappa shape index (κ1) is 11.4. The fourth-order valence-electron chi connectivity index (χ4n) is 1.35. The molecule has 0 spiro atoms. The Morgan fingerprint density at radius 2 is 2.00 bits per heavy atom. The van der Waals surface area contributed by atoms with Crippen LogP contribution in [0.25, 0.3) is 5.69 Å². The van der Waals surface area contributed by atoms with Crippen molar-refractivity contribution in [3.05, 3.63) is 35.5 Å². The van der Waals surface area contributed by atoms with E-state index in [4.69, 9.17) is 11.6 Å². The van der Waals surface area contributed by atoms with Crippen molar-refractivity contribution < 1.29 is 0 Å². The van der Waals surface area contributed by atoms with Gasteiger partial charge in [0.05, 0.1) is 11.0 Å². The normalized spacial score (nSPS) is 11.8. The van der Waals surface area contributed by atoms with Crippen molar-refractivity contribution in [3.8, 4) is 5.69 Å². The predicted molar refractivity (Wildman–Crippen MR) is 69.3 cm³/mol. The first-order chi connectivity index (χ1) is 7.47. The monoisotopic (exact) mass is 251 g/mol. The summed E-state index contributed by atoms with van der Waals surface area (Å²) >= 11 is 5.94. The molecule has 0 aliphatic heterocycles. The minimum atomic E-state index is -1.39. The Balaban J connectivity index is 2.39. The van der Waals surface area contributed by atoms with Crippen LogP contribution in [0.15, 0.2) is 30.5 Å². The first-order valence-corrected chi connectivity index (χ1v) is 9.03. The highest BCUT2D eigenvalue weighted by molar-refractivity contribution is 6.88. The smallest absolute Gasteiger partial charge is 0.106 e. The summed E-state index contributed by atoms with van der Waals surface area (Å²) in [5, 5.41) is 10.2. The SMILES string of the molecule is C[Si](C)(C)c1cn(-c2cccc(Cl)c2)nn1. The van der Waals surface area contributed by atoms with Crippen molar-refractivity contribution in [2.75, 3.05) is 0 Å². The van der Waals surface area contributed by atoms with E-state index in [2.05, 4.69) is 30.0 Å². The van der Waals surface area contributed by atoms with Gasteiger partial charge in [0.15, 0.2) is 0 Å². The van der Waals surface area contributed by atoms with Gasteiger partial charge in [0.1, 0.15) is 8.07 Å². The molecule has 0 radical (unpaired) electrons. The highest BCUT2D eigenvalue weighted by atomic mass is 35.5. The summed E-state index contributed by atoms with van der Waals surface area (Å²) in [6, 6.07) is 7.60. The van der Waals surface area contributed by atoms with Gasteiger partial charge < -0.3 is 0 Å². The Morgan fingerprint density at radius 3 is 2.56 bits per heavy atom. The van der Waals surface area contributed by atoms with Crippen molar-refractivity contribution in [2.45, 2.75) is 19.6 Å².